The highest BCUT2D eigenvalue weighted by molar-refractivity contribution is 7.18. The Morgan fingerprint density at radius 1 is 1.24 bits per heavy atom. The smallest absolute Gasteiger partial charge is 0.227 e. The second-order valence-corrected chi connectivity index (χ2v) is 9.05. The summed E-state index contributed by atoms with van der Waals surface area (Å²) >= 11 is 7.80. The lowest BCUT2D eigenvalue weighted by Crippen LogP contribution is -2.45. The van der Waals surface area contributed by atoms with Crippen LogP contribution in [0.4, 0.5) is 0 Å². The predicted molar refractivity (Wildman–Crippen MR) is 121 cm³/mol. The summed E-state index contributed by atoms with van der Waals surface area (Å²) in [6.07, 6.45) is 5.23. The molecule has 1 amide bonds. The first-order valence-electron chi connectivity index (χ1n) is 10.2. The molecule has 1 fully saturated rings. The highest BCUT2D eigenvalue weighted by Gasteiger charge is 2.40. The highest BCUT2D eigenvalue weighted by atomic mass is 35.5. The summed E-state index contributed by atoms with van der Waals surface area (Å²) in [5.74, 6) is 0.210. The summed E-state index contributed by atoms with van der Waals surface area (Å²) in [4.78, 5) is 20.6. The average Bonchev–Trinajstić information content (AvgIpc) is 3.16. The number of piperidine rings is 1. The number of benzene rings is 2. The zero-order valence-electron chi connectivity index (χ0n) is 16.6. The lowest BCUT2D eigenvalue weighted by atomic mass is 9.85. The lowest BCUT2D eigenvalue weighted by Gasteiger charge is -2.43. The third-order valence-corrected chi connectivity index (χ3v) is 7.14. The van der Waals surface area contributed by atoms with Gasteiger partial charge in [-0.15, -0.1) is 17.9 Å². The third kappa shape index (κ3) is 3.96. The van der Waals surface area contributed by atoms with Crippen molar-refractivity contribution in [3.63, 3.8) is 0 Å². The molecule has 3 atom stereocenters. The standard InChI is InChI=1S/C24H25ClN2OS/c1-3-7-17-12-15-21(16-10-13-18(25)14-11-16)27(24(17)28)20(4-2)23-26-19-8-5-6-9-22(19)29-23/h3,5-6,8-11,13-14,17,20-21H,1,4,7,12,15H2,2H3. The molecule has 0 radical (unpaired) electrons. The number of nitrogens with zero attached hydrogens (tertiary/aromatic N) is 2. The van der Waals surface area contributed by atoms with Crippen molar-refractivity contribution >= 4 is 39.1 Å². The first-order chi connectivity index (χ1) is 14.1. The Hall–Kier alpha value is -2.17. The number of rotatable bonds is 6. The van der Waals surface area contributed by atoms with Crippen molar-refractivity contribution in [2.45, 2.75) is 44.7 Å². The molecule has 1 aliphatic heterocycles. The molecule has 3 nitrogen and oxygen atoms in total. The number of para-hydroxylation sites is 1. The predicted octanol–water partition coefficient (Wildman–Crippen LogP) is 6.96. The summed E-state index contributed by atoms with van der Waals surface area (Å²) in [7, 11) is 0. The number of carbonyl (C=O) groups excluding carboxylic acids is 1. The van der Waals surface area contributed by atoms with E-state index >= 15 is 0 Å². The van der Waals surface area contributed by atoms with Gasteiger partial charge in [-0.1, -0.05) is 48.9 Å². The number of carbonyl (C=O) groups is 1. The molecule has 1 aliphatic rings. The van der Waals surface area contributed by atoms with E-state index in [4.69, 9.17) is 16.6 Å². The molecular formula is C24H25ClN2OS. The minimum Gasteiger partial charge on any atom is -0.326 e. The van der Waals surface area contributed by atoms with Gasteiger partial charge in [0.25, 0.3) is 0 Å². The normalized spacial score (nSPS) is 20.8. The molecule has 0 saturated carbocycles. The van der Waals surface area contributed by atoms with Crippen LogP contribution in [-0.4, -0.2) is 15.8 Å². The van der Waals surface area contributed by atoms with E-state index in [1.54, 1.807) is 11.3 Å². The van der Waals surface area contributed by atoms with E-state index in [1.807, 2.05) is 48.5 Å². The molecule has 5 heteroatoms. The van der Waals surface area contributed by atoms with Crippen molar-refractivity contribution in [2.75, 3.05) is 0 Å². The van der Waals surface area contributed by atoms with Gasteiger partial charge in [-0.05, 0) is 55.5 Å². The lowest BCUT2D eigenvalue weighted by molar-refractivity contribution is -0.145. The first-order valence-corrected chi connectivity index (χ1v) is 11.4. The van der Waals surface area contributed by atoms with Gasteiger partial charge < -0.3 is 4.90 Å². The maximum absolute atomic E-state index is 13.6. The first kappa shape index (κ1) is 20.1. The van der Waals surface area contributed by atoms with E-state index in [1.165, 1.54) is 0 Å². The van der Waals surface area contributed by atoms with Gasteiger partial charge in [0.2, 0.25) is 5.91 Å². The van der Waals surface area contributed by atoms with Crippen LogP contribution in [0.2, 0.25) is 5.02 Å². The van der Waals surface area contributed by atoms with Crippen molar-refractivity contribution < 1.29 is 4.79 Å². The molecule has 29 heavy (non-hydrogen) atoms. The van der Waals surface area contributed by atoms with Crippen molar-refractivity contribution in [1.82, 2.24) is 9.88 Å². The molecule has 0 N–H and O–H groups in total. The van der Waals surface area contributed by atoms with E-state index in [-0.39, 0.29) is 23.9 Å². The van der Waals surface area contributed by atoms with Crippen LogP contribution in [0.3, 0.4) is 0 Å². The monoisotopic (exact) mass is 424 g/mol. The van der Waals surface area contributed by atoms with E-state index in [2.05, 4.69) is 24.5 Å². The number of amides is 1. The van der Waals surface area contributed by atoms with Crippen LogP contribution in [-0.2, 0) is 4.79 Å². The van der Waals surface area contributed by atoms with Crippen LogP contribution in [0.25, 0.3) is 10.2 Å². The SMILES string of the molecule is C=CCC1CCC(c2ccc(Cl)cc2)N(C(CC)c2nc3ccccc3s2)C1=O. The molecule has 0 bridgehead atoms. The van der Waals surface area contributed by atoms with Crippen molar-refractivity contribution in [3.05, 3.63) is 76.8 Å². The van der Waals surface area contributed by atoms with Gasteiger partial charge in [-0.3, -0.25) is 4.79 Å². The Bertz CT molecular complexity index is 980. The number of hydrogen-bond donors (Lipinski definition) is 0. The Morgan fingerprint density at radius 2 is 2.00 bits per heavy atom. The molecule has 0 spiro atoms. The molecule has 0 aliphatic carbocycles. The number of halogens is 1. The Kier molecular flexibility index (Phi) is 6.02. The van der Waals surface area contributed by atoms with E-state index in [0.29, 0.717) is 5.02 Å². The minimum atomic E-state index is -0.0341. The fourth-order valence-electron chi connectivity index (χ4n) is 4.31. The molecule has 1 saturated heterocycles. The van der Waals surface area contributed by atoms with E-state index in [0.717, 1.165) is 46.5 Å². The van der Waals surface area contributed by atoms with Gasteiger partial charge in [0.15, 0.2) is 0 Å². The number of aromatic nitrogens is 1. The van der Waals surface area contributed by atoms with Gasteiger partial charge in [-0.2, -0.15) is 0 Å². The van der Waals surface area contributed by atoms with Crippen molar-refractivity contribution in [2.24, 2.45) is 5.92 Å². The molecule has 150 valence electrons. The molecular weight excluding hydrogens is 400 g/mol. The second-order valence-electron chi connectivity index (χ2n) is 7.56. The van der Waals surface area contributed by atoms with Crippen LogP contribution in [0.1, 0.15) is 55.3 Å². The maximum Gasteiger partial charge on any atom is 0.227 e. The van der Waals surface area contributed by atoms with Crippen LogP contribution >= 0.6 is 22.9 Å². The van der Waals surface area contributed by atoms with Crippen LogP contribution < -0.4 is 0 Å². The van der Waals surface area contributed by atoms with Gasteiger partial charge in [-0.25, -0.2) is 4.98 Å². The van der Waals surface area contributed by atoms with Crippen molar-refractivity contribution in [1.29, 1.82) is 0 Å². The third-order valence-electron chi connectivity index (χ3n) is 5.75. The summed E-state index contributed by atoms with van der Waals surface area (Å²) in [6.45, 7) is 6.00. The molecule has 2 aromatic carbocycles. The van der Waals surface area contributed by atoms with Gasteiger partial charge >= 0.3 is 0 Å². The zero-order chi connectivity index (χ0) is 20.4. The second kappa shape index (κ2) is 8.68. The van der Waals surface area contributed by atoms with E-state index in [9.17, 15) is 4.79 Å². The highest BCUT2D eigenvalue weighted by Crippen LogP contribution is 2.43. The van der Waals surface area contributed by atoms with Gasteiger partial charge in [0.05, 0.1) is 22.3 Å². The summed E-state index contributed by atoms with van der Waals surface area (Å²) in [5, 5.41) is 1.73. The van der Waals surface area contributed by atoms with Gasteiger partial charge in [0, 0.05) is 10.9 Å². The minimum absolute atomic E-state index is 0.000483. The number of allylic oxidation sites excluding steroid dienone is 1. The summed E-state index contributed by atoms with van der Waals surface area (Å²) in [5.41, 5.74) is 2.14. The Balaban J connectivity index is 1.76. The Labute approximate surface area is 181 Å². The number of thiazole rings is 1. The van der Waals surface area contributed by atoms with E-state index < -0.39 is 0 Å². The van der Waals surface area contributed by atoms with Crippen LogP contribution in [0.15, 0.2) is 61.2 Å². The maximum atomic E-state index is 13.6. The molecule has 4 rings (SSSR count). The largest absolute Gasteiger partial charge is 0.326 e. The quantitative estimate of drug-likeness (QED) is 0.401. The molecule has 1 aromatic heterocycles. The number of hydrogen-bond acceptors (Lipinski definition) is 3. The average molecular weight is 425 g/mol. The van der Waals surface area contributed by atoms with Crippen LogP contribution in [0, 0.1) is 5.92 Å². The zero-order valence-corrected chi connectivity index (χ0v) is 18.1. The summed E-state index contributed by atoms with van der Waals surface area (Å²) in [6, 6.07) is 16.1. The number of fused-ring (bicyclic) bond motifs is 1. The van der Waals surface area contributed by atoms with Gasteiger partial charge in [0.1, 0.15) is 5.01 Å². The molecule has 3 unspecified atom stereocenters. The fraction of sp³-hybridized carbons (Fsp3) is 0.333. The fourth-order valence-corrected chi connectivity index (χ4v) is 5.59. The summed E-state index contributed by atoms with van der Waals surface area (Å²) < 4.78 is 1.16. The Morgan fingerprint density at radius 3 is 2.69 bits per heavy atom. The topological polar surface area (TPSA) is 33.2 Å². The number of likely N-dealkylation sites (tertiary alicyclic amines) is 1. The van der Waals surface area contributed by atoms with Crippen molar-refractivity contribution in [3.8, 4) is 0 Å². The molecule has 3 aromatic rings. The van der Waals surface area contributed by atoms with Crippen LogP contribution in [0.5, 0.6) is 0 Å². The molecule has 2 heterocycles.